The molecule has 0 aliphatic heterocycles. The number of hydrogen-bond donors (Lipinski definition) is 2. The molecule has 0 atom stereocenters. The fourth-order valence-corrected chi connectivity index (χ4v) is 2.38. The van der Waals surface area contributed by atoms with Gasteiger partial charge >= 0.3 is 0 Å². The molecule has 0 aliphatic rings. The summed E-state index contributed by atoms with van der Waals surface area (Å²) >= 11 is 5.10. The average Bonchev–Trinajstić information content (AvgIpc) is 2.63. The molecule has 2 aromatic carbocycles. The highest BCUT2D eigenvalue weighted by atomic mass is 32.1. The molecule has 0 saturated carbocycles. The third-order valence-corrected chi connectivity index (χ3v) is 3.69. The van der Waals surface area contributed by atoms with E-state index in [1.807, 2.05) is 36.4 Å². The molecular formula is C19H22N2O3S. The molecule has 0 unspecified atom stereocenters. The molecule has 5 nitrogen and oxygen atoms in total. The van der Waals surface area contributed by atoms with Crippen LogP contribution in [0.2, 0.25) is 0 Å². The van der Waals surface area contributed by atoms with Crippen LogP contribution in [0.15, 0.2) is 54.6 Å². The fourth-order valence-electron chi connectivity index (χ4n) is 2.18. The highest BCUT2D eigenvalue weighted by Gasteiger charge is 2.13. The number of benzene rings is 2. The van der Waals surface area contributed by atoms with Gasteiger partial charge in [0.05, 0.1) is 18.8 Å². The Morgan fingerprint density at radius 1 is 1.04 bits per heavy atom. The third-order valence-electron chi connectivity index (χ3n) is 3.44. The van der Waals surface area contributed by atoms with E-state index in [1.54, 1.807) is 25.3 Å². The molecule has 0 bridgehead atoms. The SMILES string of the molecule is COCCNC(=S)NC(=O)c1ccccc1OCCc1ccccc1. The van der Waals surface area contributed by atoms with Gasteiger partial charge in [-0.2, -0.15) is 0 Å². The van der Waals surface area contributed by atoms with Crippen molar-refractivity contribution >= 4 is 23.2 Å². The Labute approximate surface area is 153 Å². The zero-order chi connectivity index (χ0) is 17.9. The molecule has 1 amide bonds. The first-order valence-electron chi connectivity index (χ1n) is 8.04. The van der Waals surface area contributed by atoms with Crippen LogP contribution in [0.25, 0.3) is 0 Å². The molecule has 132 valence electrons. The Bertz CT molecular complexity index is 692. The van der Waals surface area contributed by atoms with Crippen molar-refractivity contribution in [1.82, 2.24) is 10.6 Å². The van der Waals surface area contributed by atoms with Crippen LogP contribution in [0.5, 0.6) is 5.75 Å². The smallest absolute Gasteiger partial charge is 0.261 e. The lowest BCUT2D eigenvalue weighted by Crippen LogP contribution is -2.40. The minimum atomic E-state index is -0.301. The van der Waals surface area contributed by atoms with Crippen molar-refractivity contribution in [2.75, 3.05) is 26.9 Å². The van der Waals surface area contributed by atoms with Crippen LogP contribution >= 0.6 is 12.2 Å². The van der Waals surface area contributed by atoms with Crippen molar-refractivity contribution in [1.29, 1.82) is 0 Å². The lowest BCUT2D eigenvalue weighted by molar-refractivity contribution is 0.0972. The second kappa shape index (κ2) is 10.4. The van der Waals surface area contributed by atoms with E-state index in [9.17, 15) is 4.79 Å². The Morgan fingerprint density at radius 2 is 1.76 bits per heavy atom. The number of rotatable bonds is 8. The molecule has 2 aromatic rings. The number of ether oxygens (including phenoxy) is 2. The highest BCUT2D eigenvalue weighted by molar-refractivity contribution is 7.80. The first kappa shape index (κ1) is 18.9. The molecule has 2 rings (SSSR count). The topological polar surface area (TPSA) is 59.6 Å². The van der Waals surface area contributed by atoms with E-state index in [4.69, 9.17) is 21.7 Å². The third kappa shape index (κ3) is 6.52. The summed E-state index contributed by atoms with van der Waals surface area (Å²) in [5.41, 5.74) is 1.64. The van der Waals surface area contributed by atoms with Crippen LogP contribution in [0.4, 0.5) is 0 Å². The lowest BCUT2D eigenvalue weighted by atomic mass is 10.1. The molecular weight excluding hydrogens is 336 g/mol. The van der Waals surface area contributed by atoms with Gasteiger partial charge in [-0.25, -0.2) is 0 Å². The molecule has 0 radical (unpaired) electrons. The monoisotopic (exact) mass is 358 g/mol. The number of hydrogen-bond acceptors (Lipinski definition) is 4. The molecule has 2 N–H and O–H groups in total. The van der Waals surface area contributed by atoms with Crippen molar-refractivity contribution in [2.45, 2.75) is 6.42 Å². The van der Waals surface area contributed by atoms with Crippen molar-refractivity contribution in [2.24, 2.45) is 0 Å². The van der Waals surface area contributed by atoms with Gasteiger partial charge in [0.2, 0.25) is 0 Å². The summed E-state index contributed by atoms with van der Waals surface area (Å²) in [4.78, 5) is 12.4. The van der Waals surface area contributed by atoms with Crippen molar-refractivity contribution in [3.05, 3.63) is 65.7 Å². The van der Waals surface area contributed by atoms with Crippen molar-refractivity contribution in [3.63, 3.8) is 0 Å². The normalized spacial score (nSPS) is 10.1. The molecule has 0 heterocycles. The van der Waals surface area contributed by atoms with Crippen LogP contribution in [-0.2, 0) is 11.2 Å². The van der Waals surface area contributed by atoms with Gasteiger partial charge in [0.15, 0.2) is 5.11 Å². The zero-order valence-electron chi connectivity index (χ0n) is 14.2. The molecule has 0 saturated heterocycles. The number of methoxy groups -OCH3 is 1. The van der Waals surface area contributed by atoms with Gasteiger partial charge in [0.1, 0.15) is 5.75 Å². The lowest BCUT2D eigenvalue weighted by Gasteiger charge is -2.13. The number of amides is 1. The van der Waals surface area contributed by atoms with Gasteiger partial charge in [0, 0.05) is 20.1 Å². The standard InChI is InChI=1S/C19H22N2O3S/c1-23-14-12-20-19(25)21-18(22)16-9-5-6-10-17(16)24-13-11-15-7-3-2-4-8-15/h2-10H,11-14H2,1H3,(H2,20,21,22,25). The average molecular weight is 358 g/mol. The molecule has 0 fully saturated rings. The molecule has 25 heavy (non-hydrogen) atoms. The fraction of sp³-hybridized carbons (Fsp3) is 0.263. The van der Waals surface area contributed by atoms with Crippen LogP contribution in [0.3, 0.4) is 0 Å². The molecule has 6 heteroatoms. The van der Waals surface area contributed by atoms with E-state index in [0.717, 1.165) is 6.42 Å². The van der Waals surface area contributed by atoms with Crippen molar-refractivity contribution < 1.29 is 14.3 Å². The number of para-hydroxylation sites is 1. The summed E-state index contributed by atoms with van der Waals surface area (Å²) < 4.78 is 10.7. The first-order chi connectivity index (χ1) is 12.2. The summed E-state index contributed by atoms with van der Waals surface area (Å²) in [7, 11) is 1.60. The number of thiocarbonyl (C=S) groups is 1. The van der Waals surface area contributed by atoms with E-state index in [2.05, 4.69) is 10.6 Å². The maximum atomic E-state index is 12.4. The van der Waals surface area contributed by atoms with Crippen LogP contribution in [-0.4, -0.2) is 37.9 Å². The van der Waals surface area contributed by atoms with Crippen LogP contribution in [0, 0.1) is 0 Å². The Balaban J connectivity index is 1.90. The van der Waals surface area contributed by atoms with Gasteiger partial charge in [-0.05, 0) is 29.9 Å². The number of carbonyl (C=O) groups is 1. The van der Waals surface area contributed by atoms with Gasteiger partial charge < -0.3 is 14.8 Å². The maximum Gasteiger partial charge on any atom is 0.261 e. The highest BCUT2D eigenvalue weighted by Crippen LogP contribution is 2.18. The second-order valence-corrected chi connectivity index (χ2v) is 5.69. The summed E-state index contributed by atoms with van der Waals surface area (Å²) in [6, 6.07) is 17.2. The summed E-state index contributed by atoms with van der Waals surface area (Å²) in [5.74, 6) is 0.237. The van der Waals surface area contributed by atoms with E-state index < -0.39 is 0 Å². The molecule has 0 aliphatic carbocycles. The van der Waals surface area contributed by atoms with Crippen LogP contribution in [0.1, 0.15) is 15.9 Å². The first-order valence-corrected chi connectivity index (χ1v) is 8.45. The minimum Gasteiger partial charge on any atom is -0.492 e. The van der Waals surface area contributed by atoms with Gasteiger partial charge in [-0.1, -0.05) is 42.5 Å². The summed E-state index contributed by atoms with van der Waals surface area (Å²) in [6.07, 6.45) is 0.772. The quantitative estimate of drug-likeness (QED) is 0.561. The van der Waals surface area contributed by atoms with E-state index in [1.165, 1.54) is 5.56 Å². The molecule has 0 spiro atoms. The Hall–Kier alpha value is -2.44. The summed E-state index contributed by atoms with van der Waals surface area (Å²) in [5, 5.41) is 5.82. The number of carbonyl (C=O) groups excluding carboxylic acids is 1. The zero-order valence-corrected chi connectivity index (χ0v) is 15.0. The van der Waals surface area contributed by atoms with Gasteiger partial charge in [-0.3, -0.25) is 10.1 Å². The van der Waals surface area contributed by atoms with E-state index in [-0.39, 0.29) is 11.0 Å². The Morgan fingerprint density at radius 3 is 2.52 bits per heavy atom. The predicted octanol–water partition coefficient (Wildman–Crippen LogP) is 2.56. The van der Waals surface area contributed by atoms with E-state index >= 15 is 0 Å². The summed E-state index contributed by atoms with van der Waals surface area (Å²) in [6.45, 7) is 1.53. The second-order valence-electron chi connectivity index (χ2n) is 5.28. The van der Waals surface area contributed by atoms with Crippen molar-refractivity contribution in [3.8, 4) is 5.75 Å². The van der Waals surface area contributed by atoms with Crippen LogP contribution < -0.4 is 15.4 Å². The maximum absolute atomic E-state index is 12.4. The Kier molecular flexibility index (Phi) is 7.88. The van der Waals surface area contributed by atoms with Gasteiger partial charge in [0.25, 0.3) is 5.91 Å². The predicted molar refractivity (Wildman–Crippen MR) is 102 cm³/mol. The van der Waals surface area contributed by atoms with Gasteiger partial charge in [-0.15, -0.1) is 0 Å². The largest absolute Gasteiger partial charge is 0.492 e. The number of nitrogens with one attached hydrogen (secondary N) is 2. The minimum absolute atomic E-state index is 0.265. The molecule has 0 aromatic heterocycles. The van der Waals surface area contributed by atoms with E-state index in [0.29, 0.717) is 31.1 Å².